The van der Waals surface area contributed by atoms with Gasteiger partial charge in [-0.25, -0.2) is 4.79 Å². The van der Waals surface area contributed by atoms with E-state index in [1.54, 1.807) is 7.11 Å². The monoisotopic (exact) mass is 308 g/mol. The van der Waals surface area contributed by atoms with Gasteiger partial charge in [0.05, 0.1) is 18.1 Å². The van der Waals surface area contributed by atoms with E-state index in [2.05, 4.69) is 20.1 Å². The van der Waals surface area contributed by atoms with Crippen molar-refractivity contribution in [3.05, 3.63) is 24.3 Å². The molecular formula is C17H24O5. The Balaban J connectivity index is 1.90. The number of fused-ring (bicyclic) bond motifs is 3. The molecule has 3 aliphatic rings. The number of aliphatic hydroxyl groups excluding tert-OH is 1. The molecule has 0 amide bonds. The zero-order valence-electron chi connectivity index (χ0n) is 13.2. The van der Waals surface area contributed by atoms with Crippen LogP contribution in [-0.2, 0) is 19.0 Å². The lowest BCUT2D eigenvalue weighted by molar-refractivity contribution is -0.143. The normalized spacial score (nSPS) is 44.5. The molecule has 0 unspecified atom stereocenters. The van der Waals surface area contributed by atoms with Crippen LogP contribution in [0.3, 0.4) is 0 Å². The largest absolute Gasteiger partial charge is 0.458 e. The second-order valence-corrected chi connectivity index (χ2v) is 6.74. The smallest absolute Gasteiger partial charge is 0.334 e. The van der Waals surface area contributed by atoms with E-state index in [0.29, 0.717) is 12.0 Å². The van der Waals surface area contributed by atoms with Crippen LogP contribution in [0, 0.1) is 23.7 Å². The quantitative estimate of drug-likeness (QED) is 0.372. The van der Waals surface area contributed by atoms with E-state index < -0.39 is 6.10 Å². The van der Waals surface area contributed by atoms with Gasteiger partial charge in [0.1, 0.15) is 12.9 Å². The van der Waals surface area contributed by atoms with Crippen LogP contribution in [-0.4, -0.2) is 43.3 Å². The standard InChI is InChI=1S/C17H24O5/c1-8-5-12(18)15-10(3)17(19)22-16(15)14-9(2)13(6-11(8)14)21-7-20-4/h9,11-16,18H,1,3,5-7H2,2,4H3/t9-,11+,12-,13-,14+,15-,16-/m0/s1. The molecule has 0 aromatic carbocycles. The lowest BCUT2D eigenvalue weighted by Crippen LogP contribution is -2.36. The van der Waals surface area contributed by atoms with Crippen molar-refractivity contribution in [1.29, 1.82) is 0 Å². The van der Waals surface area contributed by atoms with Gasteiger partial charge in [0.25, 0.3) is 0 Å². The van der Waals surface area contributed by atoms with Gasteiger partial charge in [-0.1, -0.05) is 25.7 Å². The molecule has 0 bridgehead atoms. The van der Waals surface area contributed by atoms with Crippen molar-refractivity contribution in [2.75, 3.05) is 13.9 Å². The first-order valence-corrected chi connectivity index (χ1v) is 7.81. The van der Waals surface area contributed by atoms with Gasteiger partial charge in [-0.2, -0.15) is 0 Å². The molecule has 1 N–H and O–H groups in total. The maximum Gasteiger partial charge on any atom is 0.334 e. The van der Waals surface area contributed by atoms with Crippen LogP contribution in [0.15, 0.2) is 24.3 Å². The Morgan fingerprint density at radius 2 is 2.14 bits per heavy atom. The Bertz CT molecular complexity index is 499. The fraction of sp³-hybridized carbons (Fsp3) is 0.706. The summed E-state index contributed by atoms with van der Waals surface area (Å²) >= 11 is 0. The minimum absolute atomic E-state index is 0.0511. The fourth-order valence-corrected chi connectivity index (χ4v) is 4.50. The van der Waals surface area contributed by atoms with E-state index in [4.69, 9.17) is 14.2 Å². The summed E-state index contributed by atoms with van der Waals surface area (Å²) in [5.74, 6) is -0.204. The lowest BCUT2D eigenvalue weighted by Gasteiger charge is -2.29. The van der Waals surface area contributed by atoms with E-state index in [1.165, 1.54) is 0 Å². The summed E-state index contributed by atoms with van der Waals surface area (Å²) in [6, 6.07) is 0. The minimum Gasteiger partial charge on any atom is -0.458 e. The molecule has 0 radical (unpaired) electrons. The Morgan fingerprint density at radius 1 is 1.41 bits per heavy atom. The number of rotatable bonds is 3. The van der Waals surface area contributed by atoms with Crippen LogP contribution in [0.5, 0.6) is 0 Å². The Kier molecular flexibility index (Phi) is 4.14. The Labute approximate surface area is 130 Å². The lowest BCUT2D eigenvalue weighted by atomic mass is 9.79. The first-order chi connectivity index (χ1) is 10.5. The van der Waals surface area contributed by atoms with Crippen molar-refractivity contribution < 1.29 is 24.1 Å². The Hall–Kier alpha value is -1.17. The van der Waals surface area contributed by atoms with Crippen LogP contribution < -0.4 is 0 Å². The predicted molar refractivity (Wildman–Crippen MR) is 79.8 cm³/mol. The van der Waals surface area contributed by atoms with Crippen LogP contribution in [0.25, 0.3) is 0 Å². The number of hydrogen-bond donors (Lipinski definition) is 1. The number of esters is 1. The first-order valence-electron chi connectivity index (χ1n) is 7.81. The molecule has 2 aliphatic carbocycles. The molecule has 1 aliphatic heterocycles. The fourth-order valence-electron chi connectivity index (χ4n) is 4.50. The molecule has 0 spiro atoms. The zero-order chi connectivity index (χ0) is 16.0. The third-order valence-electron chi connectivity index (χ3n) is 5.60. The molecule has 0 aromatic heterocycles. The molecule has 5 heteroatoms. The number of carbonyl (C=O) groups excluding carboxylic acids is 1. The molecule has 0 aromatic rings. The van der Waals surface area contributed by atoms with E-state index in [-0.39, 0.29) is 48.6 Å². The van der Waals surface area contributed by atoms with E-state index in [1.807, 2.05) is 0 Å². The topological polar surface area (TPSA) is 65.0 Å². The number of aliphatic hydroxyl groups is 1. The van der Waals surface area contributed by atoms with Gasteiger partial charge in [0, 0.05) is 18.6 Å². The molecule has 5 nitrogen and oxygen atoms in total. The number of methoxy groups -OCH3 is 1. The summed E-state index contributed by atoms with van der Waals surface area (Å²) in [7, 11) is 1.60. The molecule has 3 fully saturated rings. The summed E-state index contributed by atoms with van der Waals surface area (Å²) in [6.07, 6.45) is 0.392. The van der Waals surface area contributed by atoms with Crippen molar-refractivity contribution in [2.45, 2.75) is 38.1 Å². The number of carbonyl (C=O) groups is 1. The second kappa shape index (κ2) is 5.80. The van der Waals surface area contributed by atoms with Gasteiger partial charge in [0.15, 0.2) is 0 Å². The van der Waals surface area contributed by atoms with E-state index >= 15 is 0 Å². The van der Waals surface area contributed by atoms with Gasteiger partial charge in [0.2, 0.25) is 0 Å². The van der Waals surface area contributed by atoms with Crippen molar-refractivity contribution in [2.24, 2.45) is 23.7 Å². The maximum absolute atomic E-state index is 11.9. The molecule has 1 saturated heterocycles. The second-order valence-electron chi connectivity index (χ2n) is 6.74. The molecule has 122 valence electrons. The van der Waals surface area contributed by atoms with E-state index in [9.17, 15) is 9.90 Å². The van der Waals surface area contributed by atoms with Crippen LogP contribution in [0.4, 0.5) is 0 Å². The zero-order valence-corrected chi connectivity index (χ0v) is 13.2. The number of hydrogen-bond acceptors (Lipinski definition) is 5. The van der Waals surface area contributed by atoms with Crippen molar-refractivity contribution in [3.8, 4) is 0 Å². The molecule has 3 rings (SSSR count). The highest BCUT2D eigenvalue weighted by molar-refractivity contribution is 5.91. The van der Waals surface area contributed by atoms with Crippen LogP contribution in [0.2, 0.25) is 0 Å². The SMILES string of the molecule is C=C1C(=O)O[C@@H]2[C@@H]1[C@@H](O)CC(=C)[C@H]1C[C@H](OCOC)[C@H](C)[C@@H]21. The third kappa shape index (κ3) is 2.32. The molecule has 22 heavy (non-hydrogen) atoms. The summed E-state index contributed by atoms with van der Waals surface area (Å²) in [6.45, 7) is 10.4. The Morgan fingerprint density at radius 3 is 2.82 bits per heavy atom. The number of ether oxygens (including phenoxy) is 3. The summed E-state index contributed by atoms with van der Waals surface area (Å²) < 4.78 is 16.4. The molecule has 1 heterocycles. The average molecular weight is 308 g/mol. The van der Waals surface area contributed by atoms with Crippen molar-refractivity contribution in [1.82, 2.24) is 0 Å². The first kappa shape index (κ1) is 15.7. The van der Waals surface area contributed by atoms with Gasteiger partial charge >= 0.3 is 5.97 Å². The van der Waals surface area contributed by atoms with Gasteiger partial charge < -0.3 is 19.3 Å². The highest BCUT2D eigenvalue weighted by Gasteiger charge is 2.57. The maximum atomic E-state index is 11.9. The molecule has 2 saturated carbocycles. The summed E-state index contributed by atoms with van der Waals surface area (Å²) in [4.78, 5) is 11.9. The van der Waals surface area contributed by atoms with Crippen molar-refractivity contribution in [3.63, 3.8) is 0 Å². The van der Waals surface area contributed by atoms with Gasteiger partial charge in [-0.15, -0.1) is 0 Å². The summed E-state index contributed by atoms with van der Waals surface area (Å²) in [5, 5.41) is 10.5. The molecule has 7 atom stereocenters. The van der Waals surface area contributed by atoms with Crippen LogP contribution >= 0.6 is 0 Å². The minimum atomic E-state index is -0.646. The third-order valence-corrected chi connectivity index (χ3v) is 5.60. The summed E-state index contributed by atoms with van der Waals surface area (Å²) in [5.41, 5.74) is 1.41. The van der Waals surface area contributed by atoms with Gasteiger partial charge in [-0.3, -0.25) is 0 Å². The highest BCUT2D eigenvalue weighted by atomic mass is 16.7. The van der Waals surface area contributed by atoms with Crippen LogP contribution in [0.1, 0.15) is 19.8 Å². The van der Waals surface area contributed by atoms with E-state index in [0.717, 1.165) is 12.0 Å². The van der Waals surface area contributed by atoms with Crippen molar-refractivity contribution >= 4 is 5.97 Å². The average Bonchev–Trinajstić information content (AvgIpc) is 2.91. The van der Waals surface area contributed by atoms with Gasteiger partial charge in [-0.05, 0) is 24.7 Å². The molecular weight excluding hydrogens is 284 g/mol. The predicted octanol–water partition coefficient (Wildman–Crippen LogP) is 1.67. The highest BCUT2D eigenvalue weighted by Crippen LogP contribution is 2.53.